The van der Waals surface area contributed by atoms with Gasteiger partial charge >= 0.3 is 6.09 Å². The van der Waals surface area contributed by atoms with E-state index in [0.29, 0.717) is 16.3 Å². The molecule has 1 saturated heterocycles. The van der Waals surface area contributed by atoms with Crippen LogP contribution in [0.5, 0.6) is 0 Å². The highest BCUT2D eigenvalue weighted by Crippen LogP contribution is 2.38. The molecule has 0 radical (unpaired) electrons. The molecule has 2 fully saturated rings. The molecule has 0 spiro atoms. The number of ether oxygens (including phenoxy) is 1. The van der Waals surface area contributed by atoms with Gasteiger partial charge in [-0.05, 0) is 62.8 Å². The third-order valence-corrected chi connectivity index (χ3v) is 8.26. The summed E-state index contributed by atoms with van der Waals surface area (Å²) >= 11 is 6.93. The molecule has 1 saturated carbocycles. The summed E-state index contributed by atoms with van der Waals surface area (Å²) in [6, 6.07) is 6.72. The molecule has 2 heterocycles. The summed E-state index contributed by atoms with van der Waals surface area (Å²) in [5.74, 6) is -0.896. The van der Waals surface area contributed by atoms with Crippen LogP contribution in [-0.2, 0) is 19.7 Å². The number of likely N-dealkylation sites (tertiary alicyclic amines) is 1. The lowest BCUT2D eigenvalue weighted by Gasteiger charge is -2.37. The molecule has 9 nitrogen and oxygen atoms in total. The first-order valence-electron chi connectivity index (χ1n) is 15.2. The number of β-amino-alcohol motifs (C(OH)–C–C–N with tert-alkyl or cyclic N) is 1. The number of amides is 3. The van der Waals surface area contributed by atoms with Gasteiger partial charge in [-0.2, -0.15) is 0 Å². The maximum atomic E-state index is 14.7. The molecule has 1 aromatic heterocycles. The van der Waals surface area contributed by atoms with Crippen LogP contribution in [0.25, 0.3) is 0 Å². The van der Waals surface area contributed by atoms with E-state index in [4.69, 9.17) is 16.3 Å². The maximum absolute atomic E-state index is 14.7. The number of anilines is 1. The maximum Gasteiger partial charge on any atom is 0.411 e. The van der Waals surface area contributed by atoms with Crippen LogP contribution in [0.15, 0.2) is 42.7 Å². The quantitative estimate of drug-likeness (QED) is 0.418. The Balaban J connectivity index is 1.83. The number of aliphatic hydroxyl groups is 1. The second-order valence-corrected chi connectivity index (χ2v) is 14.1. The van der Waals surface area contributed by atoms with Crippen molar-refractivity contribution in [2.24, 2.45) is 0 Å². The molecule has 234 valence electrons. The number of carbonyl (C=O) groups is 3. The summed E-state index contributed by atoms with van der Waals surface area (Å²) in [6.07, 6.45) is 6.43. The molecule has 1 aromatic carbocycles. The van der Waals surface area contributed by atoms with Crippen LogP contribution in [0.3, 0.4) is 0 Å². The Morgan fingerprint density at radius 1 is 1.09 bits per heavy atom. The van der Waals surface area contributed by atoms with Crippen LogP contribution in [0.4, 0.5) is 10.5 Å². The van der Waals surface area contributed by atoms with Gasteiger partial charge in [0.25, 0.3) is 5.91 Å². The first-order chi connectivity index (χ1) is 20.2. The molecular weight excluding hydrogens is 568 g/mol. The molecule has 10 heteroatoms. The van der Waals surface area contributed by atoms with Gasteiger partial charge in [0.2, 0.25) is 5.91 Å². The van der Waals surface area contributed by atoms with E-state index in [-0.39, 0.29) is 30.3 Å². The number of benzene rings is 1. The van der Waals surface area contributed by atoms with E-state index >= 15 is 0 Å². The van der Waals surface area contributed by atoms with Gasteiger partial charge in [0.15, 0.2) is 0 Å². The van der Waals surface area contributed by atoms with Crippen LogP contribution in [0.1, 0.15) is 97.2 Å². The molecule has 2 aliphatic rings. The summed E-state index contributed by atoms with van der Waals surface area (Å²) in [5.41, 5.74) is 0.786. The fraction of sp³-hybridized carbons (Fsp3) is 0.576. The number of pyridine rings is 1. The highest BCUT2D eigenvalue weighted by molar-refractivity contribution is 6.34. The minimum atomic E-state index is -1.13. The van der Waals surface area contributed by atoms with Gasteiger partial charge in [-0.3, -0.25) is 24.4 Å². The summed E-state index contributed by atoms with van der Waals surface area (Å²) < 4.78 is 5.60. The van der Waals surface area contributed by atoms with Gasteiger partial charge < -0.3 is 15.2 Å². The van der Waals surface area contributed by atoms with E-state index in [2.05, 4.69) is 31.1 Å². The third-order valence-electron chi connectivity index (χ3n) is 7.96. The molecule has 2 aromatic rings. The van der Waals surface area contributed by atoms with Crippen molar-refractivity contribution >= 4 is 35.2 Å². The predicted molar refractivity (Wildman–Crippen MR) is 167 cm³/mol. The van der Waals surface area contributed by atoms with E-state index in [0.717, 1.165) is 37.7 Å². The van der Waals surface area contributed by atoms with Crippen LogP contribution < -0.4 is 10.2 Å². The largest absolute Gasteiger partial charge is 0.444 e. The molecule has 0 unspecified atom stereocenters. The van der Waals surface area contributed by atoms with Crippen molar-refractivity contribution in [1.29, 1.82) is 0 Å². The van der Waals surface area contributed by atoms with Gasteiger partial charge in [-0.15, -0.1) is 0 Å². The van der Waals surface area contributed by atoms with Crippen molar-refractivity contribution < 1.29 is 24.2 Å². The van der Waals surface area contributed by atoms with Gasteiger partial charge in [0, 0.05) is 30.4 Å². The molecular formula is C33H45ClN4O5. The average molecular weight is 613 g/mol. The number of aromatic nitrogens is 1. The molecule has 1 aliphatic carbocycles. The Morgan fingerprint density at radius 3 is 2.37 bits per heavy atom. The zero-order valence-corrected chi connectivity index (χ0v) is 26.9. The monoisotopic (exact) mass is 612 g/mol. The van der Waals surface area contributed by atoms with Crippen molar-refractivity contribution in [2.45, 2.75) is 115 Å². The lowest BCUT2D eigenvalue weighted by atomic mass is 9.87. The number of hydrogen-bond acceptors (Lipinski definition) is 6. The Bertz CT molecular complexity index is 1300. The van der Waals surface area contributed by atoms with Crippen molar-refractivity contribution in [3.63, 3.8) is 0 Å². The van der Waals surface area contributed by atoms with Gasteiger partial charge in [0.05, 0.1) is 23.4 Å². The first kappa shape index (κ1) is 32.7. The smallest absolute Gasteiger partial charge is 0.411 e. The number of carbonyl (C=O) groups excluding carboxylic acids is 3. The van der Waals surface area contributed by atoms with Crippen LogP contribution in [0, 0.1) is 0 Å². The van der Waals surface area contributed by atoms with E-state index in [9.17, 15) is 19.5 Å². The van der Waals surface area contributed by atoms with Crippen molar-refractivity contribution in [2.75, 3.05) is 11.4 Å². The van der Waals surface area contributed by atoms with Crippen molar-refractivity contribution in [3.05, 3.63) is 58.9 Å². The number of aliphatic hydroxyl groups excluding tert-OH is 1. The van der Waals surface area contributed by atoms with Crippen LogP contribution in [-0.4, -0.2) is 63.2 Å². The zero-order chi connectivity index (χ0) is 31.5. The Kier molecular flexibility index (Phi) is 10.1. The van der Waals surface area contributed by atoms with E-state index < -0.39 is 35.8 Å². The number of nitrogens with zero attached hydrogens (tertiary/aromatic N) is 3. The van der Waals surface area contributed by atoms with Gasteiger partial charge in [-0.1, -0.05) is 63.8 Å². The van der Waals surface area contributed by atoms with E-state index in [1.165, 1.54) is 9.80 Å². The lowest BCUT2D eigenvalue weighted by molar-refractivity contribution is -0.129. The molecule has 3 amide bonds. The number of hydrogen-bond donors (Lipinski definition) is 2. The van der Waals surface area contributed by atoms with Crippen LogP contribution in [0.2, 0.25) is 5.02 Å². The Labute approximate surface area is 259 Å². The minimum Gasteiger partial charge on any atom is -0.444 e. The van der Waals surface area contributed by atoms with E-state index in [1.807, 2.05) is 12.1 Å². The van der Waals surface area contributed by atoms with Crippen LogP contribution >= 0.6 is 11.6 Å². The molecule has 4 rings (SSSR count). The normalized spacial score (nSPS) is 20.4. The molecule has 43 heavy (non-hydrogen) atoms. The minimum absolute atomic E-state index is 0.00370. The molecule has 3 atom stereocenters. The fourth-order valence-electron chi connectivity index (χ4n) is 5.77. The van der Waals surface area contributed by atoms with E-state index in [1.54, 1.807) is 51.4 Å². The number of rotatable bonds is 6. The Morgan fingerprint density at radius 2 is 1.79 bits per heavy atom. The molecule has 0 bridgehead atoms. The number of halogens is 1. The van der Waals surface area contributed by atoms with Crippen molar-refractivity contribution in [3.8, 4) is 0 Å². The first-order valence-corrected chi connectivity index (χ1v) is 15.5. The zero-order valence-electron chi connectivity index (χ0n) is 26.1. The molecule has 1 aliphatic heterocycles. The summed E-state index contributed by atoms with van der Waals surface area (Å²) in [7, 11) is 0. The van der Waals surface area contributed by atoms with Gasteiger partial charge in [-0.25, -0.2) is 4.79 Å². The summed E-state index contributed by atoms with van der Waals surface area (Å²) in [6.45, 7) is 11.4. The lowest BCUT2D eigenvalue weighted by Crippen LogP contribution is -2.53. The standard InChI is InChI=1S/C33H45ClN4O5/c1-32(2,3)22-14-15-26(25(34)17-22)38(30(41)27-18-24(39)20-37(27)31(42)43-33(4,5)6)28(21-11-10-16-35-19-21)29(40)36-23-12-8-7-9-13-23/h10-11,14-17,19,23-24,27-28,39H,7-9,12-13,18,20H2,1-6H3,(H,36,40)/t24-,27-,28-/m1/s1. The third kappa shape index (κ3) is 8.06. The second kappa shape index (κ2) is 13.2. The topological polar surface area (TPSA) is 112 Å². The Hall–Kier alpha value is -3.17. The predicted octanol–water partition coefficient (Wildman–Crippen LogP) is 5.93. The fourth-order valence-corrected chi connectivity index (χ4v) is 6.04. The average Bonchev–Trinajstić information content (AvgIpc) is 3.33. The highest BCUT2D eigenvalue weighted by atomic mass is 35.5. The number of nitrogens with one attached hydrogen (secondary N) is 1. The SMILES string of the molecule is CC(C)(C)OC(=O)N1C[C@H](O)C[C@@H]1C(=O)N(c1ccc(C(C)(C)C)cc1Cl)[C@@H](C(=O)NC1CCCCC1)c1cccnc1. The van der Waals surface area contributed by atoms with Gasteiger partial charge in [0.1, 0.15) is 17.7 Å². The summed E-state index contributed by atoms with van der Waals surface area (Å²) in [5, 5.41) is 14.1. The summed E-state index contributed by atoms with van der Waals surface area (Å²) in [4.78, 5) is 49.1. The highest BCUT2D eigenvalue weighted by Gasteiger charge is 2.46. The van der Waals surface area contributed by atoms with Crippen molar-refractivity contribution in [1.82, 2.24) is 15.2 Å². The molecule has 2 N–H and O–H groups in total. The second-order valence-electron chi connectivity index (χ2n) is 13.7.